The Kier molecular flexibility index (Phi) is 5.43. The van der Waals surface area contributed by atoms with Crippen LogP contribution in [0.25, 0.3) is 0 Å². The van der Waals surface area contributed by atoms with Crippen LogP contribution in [0.3, 0.4) is 0 Å². The van der Waals surface area contributed by atoms with Crippen molar-refractivity contribution < 1.29 is 4.79 Å². The van der Waals surface area contributed by atoms with Gasteiger partial charge in [-0.25, -0.2) is 4.79 Å². The predicted octanol–water partition coefficient (Wildman–Crippen LogP) is 3.38. The summed E-state index contributed by atoms with van der Waals surface area (Å²) >= 11 is 6.44. The molecule has 1 aliphatic heterocycles. The van der Waals surface area contributed by atoms with E-state index in [1.54, 1.807) is 12.4 Å². The highest BCUT2D eigenvalue weighted by Crippen LogP contribution is 2.31. The highest BCUT2D eigenvalue weighted by atomic mass is 35.5. The molecule has 0 unspecified atom stereocenters. The molecule has 1 saturated heterocycles. The van der Waals surface area contributed by atoms with Crippen molar-refractivity contribution in [2.24, 2.45) is 0 Å². The molecule has 1 aliphatic rings. The predicted molar refractivity (Wildman–Crippen MR) is 101 cm³/mol. The fraction of sp³-hybridized carbons (Fsp3) is 0.368. The summed E-state index contributed by atoms with van der Waals surface area (Å²) in [5, 5.41) is 3.75. The molecule has 0 atom stereocenters. The van der Waals surface area contributed by atoms with E-state index in [0.29, 0.717) is 19.6 Å². The van der Waals surface area contributed by atoms with Crippen LogP contribution in [0.1, 0.15) is 16.7 Å². The van der Waals surface area contributed by atoms with Gasteiger partial charge in [0.25, 0.3) is 0 Å². The number of benzene rings is 1. The van der Waals surface area contributed by atoms with Crippen LogP contribution in [0, 0.1) is 13.8 Å². The monoisotopic (exact) mass is 358 g/mol. The average molecular weight is 359 g/mol. The molecule has 2 heterocycles. The van der Waals surface area contributed by atoms with Gasteiger partial charge in [-0.15, -0.1) is 0 Å². The van der Waals surface area contributed by atoms with Gasteiger partial charge in [-0.2, -0.15) is 0 Å². The van der Waals surface area contributed by atoms with Crippen LogP contribution in [0.4, 0.5) is 10.5 Å². The summed E-state index contributed by atoms with van der Waals surface area (Å²) in [7, 11) is 0. The molecule has 0 radical (unpaired) electrons. The molecule has 1 fully saturated rings. The SMILES string of the molecule is Cc1cc(C)c(N2CCN(C(=O)NCc3ccncc3)CC2)c(Cl)c1. The third-order valence-electron chi connectivity index (χ3n) is 4.47. The second kappa shape index (κ2) is 7.74. The van der Waals surface area contributed by atoms with Crippen molar-refractivity contribution in [3.05, 3.63) is 58.4 Å². The van der Waals surface area contributed by atoms with Gasteiger partial charge in [0.15, 0.2) is 0 Å². The fourth-order valence-corrected chi connectivity index (χ4v) is 3.67. The number of rotatable bonds is 3. The van der Waals surface area contributed by atoms with E-state index < -0.39 is 0 Å². The van der Waals surface area contributed by atoms with Crippen LogP contribution in [0.2, 0.25) is 5.02 Å². The number of nitrogens with one attached hydrogen (secondary N) is 1. The smallest absolute Gasteiger partial charge is 0.317 e. The summed E-state index contributed by atoms with van der Waals surface area (Å²) in [5.74, 6) is 0. The first-order chi connectivity index (χ1) is 12.0. The third kappa shape index (κ3) is 4.23. The summed E-state index contributed by atoms with van der Waals surface area (Å²) in [4.78, 5) is 20.5. The first kappa shape index (κ1) is 17.5. The van der Waals surface area contributed by atoms with Crippen molar-refractivity contribution in [1.29, 1.82) is 0 Å². The van der Waals surface area contributed by atoms with Gasteiger partial charge in [-0.1, -0.05) is 17.7 Å². The van der Waals surface area contributed by atoms with Crippen molar-refractivity contribution in [1.82, 2.24) is 15.2 Å². The zero-order valence-corrected chi connectivity index (χ0v) is 15.4. The number of amides is 2. The number of hydrogen-bond acceptors (Lipinski definition) is 3. The molecule has 132 valence electrons. The van der Waals surface area contributed by atoms with Crippen LogP contribution in [0.15, 0.2) is 36.7 Å². The molecular weight excluding hydrogens is 336 g/mol. The molecule has 5 nitrogen and oxygen atoms in total. The lowest BCUT2D eigenvalue weighted by atomic mass is 10.1. The van der Waals surface area contributed by atoms with E-state index in [9.17, 15) is 4.79 Å². The largest absolute Gasteiger partial charge is 0.367 e. The van der Waals surface area contributed by atoms with E-state index in [2.05, 4.69) is 28.2 Å². The van der Waals surface area contributed by atoms with E-state index in [4.69, 9.17) is 11.6 Å². The number of carbonyl (C=O) groups excluding carboxylic acids is 1. The maximum absolute atomic E-state index is 12.3. The Balaban J connectivity index is 1.56. The molecule has 1 aromatic carbocycles. The van der Waals surface area contributed by atoms with Gasteiger partial charge in [0.05, 0.1) is 10.7 Å². The average Bonchev–Trinajstić information content (AvgIpc) is 2.60. The number of aromatic nitrogens is 1. The second-order valence-electron chi connectivity index (χ2n) is 6.40. The first-order valence-corrected chi connectivity index (χ1v) is 8.86. The minimum atomic E-state index is -0.0248. The Hall–Kier alpha value is -2.27. The van der Waals surface area contributed by atoms with E-state index >= 15 is 0 Å². The second-order valence-corrected chi connectivity index (χ2v) is 6.81. The van der Waals surface area contributed by atoms with Crippen molar-refractivity contribution in [3.8, 4) is 0 Å². The molecular formula is C19H23ClN4O. The minimum absolute atomic E-state index is 0.0248. The molecule has 6 heteroatoms. The van der Waals surface area contributed by atoms with Crippen LogP contribution >= 0.6 is 11.6 Å². The van der Waals surface area contributed by atoms with E-state index in [-0.39, 0.29) is 6.03 Å². The van der Waals surface area contributed by atoms with Crippen molar-refractivity contribution in [2.45, 2.75) is 20.4 Å². The number of carbonyl (C=O) groups is 1. The molecule has 1 aromatic heterocycles. The summed E-state index contributed by atoms with van der Waals surface area (Å²) < 4.78 is 0. The Morgan fingerprint density at radius 3 is 2.48 bits per heavy atom. The van der Waals surface area contributed by atoms with Gasteiger partial charge in [-0.05, 0) is 48.7 Å². The van der Waals surface area contributed by atoms with Crippen LogP contribution in [0.5, 0.6) is 0 Å². The fourth-order valence-electron chi connectivity index (χ4n) is 3.23. The molecule has 0 saturated carbocycles. The van der Waals surface area contributed by atoms with Gasteiger partial charge in [-0.3, -0.25) is 4.98 Å². The quantitative estimate of drug-likeness (QED) is 0.915. The highest BCUT2D eigenvalue weighted by Gasteiger charge is 2.23. The van der Waals surface area contributed by atoms with Crippen LogP contribution < -0.4 is 10.2 Å². The number of halogens is 1. The van der Waals surface area contributed by atoms with Gasteiger partial charge >= 0.3 is 6.03 Å². The van der Waals surface area contributed by atoms with Crippen molar-refractivity contribution >= 4 is 23.3 Å². The number of anilines is 1. The van der Waals surface area contributed by atoms with Gasteiger partial charge < -0.3 is 15.1 Å². The summed E-state index contributed by atoms with van der Waals surface area (Å²) in [5.41, 5.74) is 4.48. The summed E-state index contributed by atoms with van der Waals surface area (Å²) in [6.45, 7) is 7.59. The Morgan fingerprint density at radius 1 is 1.16 bits per heavy atom. The lowest BCUT2D eigenvalue weighted by Crippen LogP contribution is -2.51. The number of piperazine rings is 1. The molecule has 3 rings (SSSR count). The topological polar surface area (TPSA) is 48.5 Å². The summed E-state index contributed by atoms with van der Waals surface area (Å²) in [6, 6.07) is 7.93. The Morgan fingerprint density at radius 2 is 1.84 bits per heavy atom. The lowest BCUT2D eigenvalue weighted by Gasteiger charge is -2.37. The van der Waals surface area contributed by atoms with E-state index in [1.807, 2.05) is 30.0 Å². The molecule has 0 bridgehead atoms. The van der Waals surface area contributed by atoms with Crippen LogP contribution in [-0.4, -0.2) is 42.1 Å². The summed E-state index contributed by atoms with van der Waals surface area (Å²) in [6.07, 6.45) is 3.46. The normalized spacial score (nSPS) is 14.5. The van der Waals surface area contributed by atoms with Gasteiger partial charge in [0.2, 0.25) is 0 Å². The Labute approximate surface area is 153 Å². The van der Waals surface area contributed by atoms with E-state index in [1.165, 1.54) is 11.1 Å². The van der Waals surface area contributed by atoms with Gasteiger partial charge in [0, 0.05) is 45.1 Å². The van der Waals surface area contributed by atoms with E-state index in [0.717, 1.165) is 29.4 Å². The Bertz CT molecular complexity index is 719. The zero-order valence-electron chi connectivity index (χ0n) is 14.6. The van der Waals surface area contributed by atoms with Crippen molar-refractivity contribution in [3.63, 3.8) is 0 Å². The first-order valence-electron chi connectivity index (χ1n) is 8.48. The minimum Gasteiger partial charge on any atom is -0.367 e. The zero-order chi connectivity index (χ0) is 17.8. The standard InChI is InChI=1S/C19H23ClN4O/c1-14-11-15(2)18(17(20)12-14)23-7-9-24(10-8-23)19(25)22-13-16-3-5-21-6-4-16/h3-6,11-12H,7-10,13H2,1-2H3,(H,22,25). The van der Waals surface area contributed by atoms with Gasteiger partial charge in [0.1, 0.15) is 0 Å². The number of urea groups is 1. The lowest BCUT2D eigenvalue weighted by molar-refractivity contribution is 0.194. The molecule has 2 amide bonds. The third-order valence-corrected chi connectivity index (χ3v) is 4.76. The maximum Gasteiger partial charge on any atom is 0.317 e. The number of pyridine rings is 1. The number of aryl methyl sites for hydroxylation is 2. The van der Waals surface area contributed by atoms with Crippen molar-refractivity contribution in [2.75, 3.05) is 31.1 Å². The number of hydrogen-bond donors (Lipinski definition) is 1. The number of nitrogens with zero attached hydrogens (tertiary/aromatic N) is 3. The maximum atomic E-state index is 12.3. The molecule has 0 aliphatic carbocycles. The van der Waals surface area contributed by atoms with Crippen LogP contribution in [-0.2, 0) is 6.54 Å². The molecule has 1 N–H and O–H groups in total. The molecule has 0 spiro atoms. The molecule has 2 aromatic rings. The highest BCUT2D eigenvalue weighted by molar-refractivity contribution is 6.33. The molecule has 25 heavy (non-hydrogen) atoms.